The largest absolute Gasteiger partial charge is 0.416 e. The molecule has 0 amide bonds. The van der Waals surface area contributed by atoms with Crippen molar-refractivity contribution in [1.29, 1.82) is 0 Å². The molecule has 1 nitrogen and oxygen atoms in total. The van der Waals surface area contributed by atoms with Gasteiger partial charge in [-0.2, -0.15) is 13.2 Å². The third-order valence-electron chi connectivity index (χ3n) is 2.50. The zero-order valence-electron chi connectivity index (χ0n) is 7.43. The average Bonchev–Trinajstić information content (AvgIpc) is 2.41. The van der Waals surface area contributed by atoms with Gasteiger partial charge in [0, 0.05) is 6.04 Å². The van der Waals surface area contributed by atoms with Crippen LogP contribution in [0.25, 0.3) is 0 Å². The van der Waals surface area contributed by atoms with E-state index in [1.807, 2.05) is 0 Å². The number of benzene rings is 1. The SMILES string of the molecule is NC1Cc2ccc(C(F)(F)F)cc2C1. The molecule has 0 saturated carbocycles. The van der Waals surface area contributed by atoms with Gasteiger partial charge in [-0.15, -0.1) is 0 Å². The van der Waals surface area contributed by atoms with E-state index in [-0.39, 0.29) is 6.04 Å². The van der Waals surface area contributed by atoms with Crippen LogP contribution in [0.15, 0.2) is 18.2 Å². The molecule has 1 aliphatic rings. The molecule has 4 heteroatoms. The van der Waals surface area contributed by atoms with Crippen molar-refractivity contribution in [3.05, 3.63) is 34.9 Å². The molecular weight excluding hydrogens is 191 g/mol. The molecule has 1 aromatic rings. The molecule has 0 saturated heterocycles. The van der Waals surface area contributed by atoms with Crippen molar-refractivity contribution >= 4 is 0 Å². The third kappa shape index (κ3) is 1.62. The fourth-order valence-electron chi connectivity index (χ4n) is 1.83. The van der Waals surface area contributed by atoms with E-state index in [1.165, 1.54) is 12.1 Å². The van der Waals surface area contributed by atoms with Crippen LogP contribution in [0.4, 0.5) is 13.2 Å². The van der Waals surface area contributed by atoms with Gasteiger partial charge in [0.15, 0.2) is 0 Å². The first-order valence-corrected chi connectivity index (χ1v) is 4.41. The van der Waals surface area contributed by atoms with Crippen LogP contribution >= 0.6 is 0 Å². The first kappa shape index (κ1) is 9.52. The molecule has 76 valence electrons. The maximum atomic E-state index is 12.3. The van der Waals surface area contributed by atoms with Crippen molar-refractivity contribution in [2.24, 2.45) is 5.73 Å². The highest BCUT2D eigenvalue weighted by Crippen LogP contribution is 2.32. The summed E-state index contributed by atoms with van der Waals surface area (Å²) < 4.78 is 37.0. The highest BCUT2D eigenvalue weighted by molar-refractivity contribution is 5.37. The van der Waals surface area contributed by atoms with E-state index >= 15 is 0 Å². The van der Waals surface area contributed by atoms with Gasteiger partial charge in [0.1, 0.15) is 0 Å². The van der Waals surface area contributed by atoms with Gasteiger partial charge in [0.05, 0.1) is 5.56 Å². The van der Waals surface area contributed by atoms with Gasteiger partial charge in [-0.25, -0.2) is 0 Å². The Morgan fingerprint density at radius 1 is 1.14 bits per heavy atom. The summed E-state index contributed by atoms with van der Waals surface area (Å²) in [5.74, 6) is 0. The second-order valence-electron chi connectivity index (χ2n) is 3.65. The predicted octanol–water partition coefficient (Wildman–Crippen LogP) is 2.13. The summed E-state index contributed by atoms with van der Waals surface area (Å²) in [5.41, 5.74) is 6.78. The molecule has 0 heterocycles. The van der Waals surface area contributed by atoms with E-state index in [0.717, 1.165) is 17.2 Å². The standard InChI is InChI=1S/C10H10F3N/c11-10(12,13)8-2-1-6-4-9(14)5-7(6)3-8/h1-3,9H,4-5,14H2. The van der Waals surface area contributed by atoms with Crippen molar-refractivity contribution < 1.29 is 13.2 Å². The molecular formula is C10H10F3N. The van der Waals surface area contributed by atoms with Crippen LogP contribution in [-0.4, -0.2) is 6.04 Å². The number of halogens is 3. The van der Waals surface area contributed by atoms with Crippen LogP contribution < -0.4 is 5.73 Å². The minimum Gasteiger partial charge on any atom is -0.327 e. The molecule has 0 fully saturated rings. The van der Waals surface area contributed by atoms with Crippen molar-refractivity contribution in [2.45, 2.75) is 25.1 Å². The molecule has 0 radical (unpaired) electrons. The number of rotatable bonds is 0. The summed E-state index contributed by atoms with van der Waals surface area (Å²) in [6.45, 7) is 0. The van der Waals surface area contributed by atoms with Crippen molar-refractivity contribution in [3.63, 3.8) is 0 Å². The summed E-state index contributed by atoms with van der Waals surface area (Å²) in [4.78, 5) is 0. The van der Waals surface area contributed by atoms with Gasteiger partial charge in [-0.1, -0.05) is 6.07 Å². The molecule has 1 aliphatic carbocycles. The lowest BCUT2D eigenvalue weighted by atomic mass is 10.1. The van der Waals surface area contributed by atoms with Crippen molar-refractivity contribution in [2.75, 3.05) is 0 Å². The highest BCUT2D eigenvalue weighted by atomic mass is 19.4. The van der Waals surface area contributed by atoms with E-state index in [9.17, 15) is 13.2 Å². The summed E-state index contributed by atoms with van der Waals surface area (Å²) in [6, 6.07) is 3.85. The Morgan fingerprint density at radius 3 is 2.43 bits per heavy atom. The van der Waals surface area contributed by atoms with Crippen LogP contribution in [-0.2, 0) is 19.0 Å². The normalized spacial score (nSPS) is 21.0. The van der Waals surface area contributed by atoms with Gasteiger partial charge in [-0.3, -0.25) is 0 Å². The molecule has 1 unspecified atom stereocenters. The molecule has 2 rings (SSSR count). The van der Waals surface area contributed by atoms with Gasteiger partial charge >= 0.3 is 6.18 Å². The molecule has 0 bridgehead atoms. The highest BCUT2D eigenvalue weighted by Gasteiger charge is 2.32. The Balaban J connectivity index is 2.38. The second kappa shape index (κ2) is 2.98. The monoisotopic (exact) mass is 201 g/mol. The summed E-state index contributed by atoms with van der Waals surface area (Å²) in [7, 11) is 0. The summed E-state index contributed by atoms with van der Waals surface area (Å²) in [5, 5.41) is 0. The smallest absolute Gasteiger partial charge is 0.327 e. The van der Waals surface area contributed by atoms with Crippen molar-refractivity contribution in [1.82, 2.24) is 0 Å². The Kier molecular flexibility index (Phi) is 2.03. The molecule has 1 atom stereocenters. The lowest BCUT2D eigenvalue weighted by Gasteiger charge is -2.08. The Labute approximate surface area is 79.7 Å². The van der Waals surface area contributed by atoms with E-state index in [4.69, 9.17) is 5.73 Å². The number of fused-ring (bicyclic) bond motifs is 1. The number of hydrogen-bond donors (Lipinski definition) is 1. The van der Waals surface area contributed by atoms with Gasteiger partial charge in [0.25, 0.3) is 0 Å². The third-order valence-corrected chi connectivity index (χ3v) is 2.50. The topological polar surface area (TPSA) is 26.0 Å². The zero-order chi connectivity index (χ0) is 10.3. The van der Waals surface area contributed by atoms with Crippen LogP contribution in [0.1, 0.15) is 16.7 Å². The number of nitrogens with two attached hydrogens (primary N) is 1. The average molecular weight is 201 g/mol. The van der Waals surface area contributed by atoms with Gasteiger partial charge in [0.2, 0.25) is 0 Å². The zero-order valence-corrected chi connectivity index (χ0v) is 7.43. The quantitative estimate of drug-likeness (QED) is 0.683. The van der Waals surface area contributed by atoms with E-state index < -0.39 is 11.7 Å². The first-order valence-electron chi connectivity index (χ1n) is 4.41. The fourth-order valence-corrected chi connectivity index (χ4v) is 1.83. The Hall–Kier alpha value is -1.03. The van der Waals surface area contributed by atoms with Gasteiger partial charge < -0.3 is 5.73 Å². The second-order valence-corrected chi connectivity index (χ2v) is 3.65. The molecule has 0 aromatic heterocycles. The summed E-state index contributed by atoms with van der Waals surface area (Å²) in [6.07, 6.45) is -3.01. The molecule has 14 heavy (non-hydrogen) atoms. The molecule has 0 spiro atoms. The van der Waals surface area contributed by atoms with Crippen LogP contribution in [0.2, 0.25) is 0 Å². The van der Waals surface area contributed by atoms with E-state index in [0.29, 0.717) is 12.8 Å². The Bertz CT molecular complexity index is 357. The predicted molar refractivity (Wildman–Crippen MR) is 46.8 cm³/mol. The van der Waals surface area contributed by atoms with Crippen LogP contribution in [0.3, 0.4) is 0 Å². The molecule has 1 aromatic carbocycles. The van der Waals surface area contributed by atoms with Crippen molar-refractivity contribution in [3.8, 4) is 0 Å². The first-order chi connectivity index (χ1) is 6.47. The molecule has 0 aliphatic heterocycles. The lowest BCUT2D eigenvalue weighted by molar-refractivity contribution is -0.137. The maximum absolute atomic E-state index is 12.3. The number of alkyl halides is 3. The maximum Gasteiger partial charge on any atom is 0.416 e. The Morgan fingerprint density at radius 2 is 1.79 bits per heavy atom. The van der Waals surface area contributed by atoms with E-state index in [1.54, 1.807) is 0 Å². The fraction of sp³-hybridized carbons (Fsp3) is 0.400. The van der Waals surface area contributed by atoms with E-state index in [2.05, 4.69) is 0 Å². The lowest BCUT2D eigenvalue weighted by Crippen LogP contribution is -2.19. The van der Waals surface area contributed by atoms with Crippen LogP contribution in [0, 0.1) is 0 Å². The minimum absolute atomic E-state index is 0.0199. The van der Waals surface area contributed by atoms with Gasteiger partial charge in [-0.05, 0) is 36.1 Å². The molecule has 2 N–H and O–H groups in total. The summed E-state index contributed by atoms with van der Waals surface area (Å²) >= 11 is 0. The minimum atomic E-state index is -4.25. The van der Waals surface area contributed by atoms with Crippen LogP contribution in [0.5, 0.6) is 0 Å². The number of hydrogen-bond acceptors (Lipinski definition) is 1.